The molecule has 0 aliphatic carbocycles. The van der Waals surface area contributed by atoms with Crippen molar-refractivity contribution in [2.24, 2.45) is 0 Å². The molecule has 0 aliphatic heterocycles. The number of carbonyl (C=O) groups excluding carboxylic acids is 1. The lowest BCUT2D eigenvalue weighted by Gasteiger charge is -2.24. The standard InChI is InChI=1S/C17H18FNOS/c1-2-19(15-10-6-9-14(18)12-15)17(20)16(21)11-13-7-4-3-5-8-13/h3-10,12,16,21H,2,11H2,1H3. The summed E-state index contributed by atoms with van der Waals surface area (Å²) in [6.07, 6.45) is 0.550. The van der Waals surface area contributed by atoms with Crippen LogP contribution in [0.1, 0.15) is 12.5 Å². The number of amides is 1. The van der Waals surface area contributed by atoms with Gasteiger partial charge in [0.05, 0.1) is 5.25 Å². The molecule has 0 radical (unpaired) electrons. The van der Waals surface area contributed by atoms with Crippen LogP contribution < -0.4 is 4.90 Å². The number of hydrogen-bond donors (Lipinski definition) is 1. The molecule has 0 fully saturated rings. The van der Waals surface area contributed by atoms with Crippen LogP contribution in [-0.2, 0) is 11.2 Å². The lowest BCUT2D eigenvalue weighted by Crippen LogP contribution is -2.37. The molecule has 0 aromatic heterocycles. The molecule has 2 aromatic rings. The predicted molar refractivity (Wildman–Crippen MR) is 87.3 cm³/mol. The fourth-order valence-corrected chi connectivity index (χ4v) is 2.56. The number of nitrogens with zero attached hydrogens (tertiary/aromatic N) is 1. The van der Waals surface area contributed by atoms with E-state index in [2.05, 4.69) is 12.6 Å². The molecule has 0 heterocycles. The normalized spacial score (nSPS) is 12.0. The van der Waals surface area contributed by atoms with Crippen molar-refractivity contribution in [2.75, 3.05) is 11.4 Å². The second-order valence-electron chi connectivity index (χ2n) is 4.77. The number of rotatable bonds is 5. The lowest BCUT2D eigenvalue weighted by atomic mass is 10.1. The minimum atomic E-state index is -0.449. The third-order valence-corrected chi connectivity index (χ3v) is 3.66. The van der Waals surface area contributed by atoms with Gasteiger partial charge in [-0.1, -0.05) is 36.4 Å². The van der Waals surface area contributed by atoms with E-state index in [9.17, 15) is 9.18 Å². The predicted octanol–water partition coefficient (Wildman–Crippen LogP) is 3.72. The van der Waals surface area contributed by atoms with Crippen LogP contribution in [-0.4, -0.2) is 17.7 Å². The molecule has 2 nitrogen and oxygen atoms in total. The number of benzene rings is 2. The highest BCUT2D eigenvalue weighted by Crippen LogP contribution is 2.19. The number of thiol groups is 1. The minimum absolute atomic E-state index is 0.115. The summed E-state index contributed by atoms with van der Waals surface area (Å²) >= 11 is 4.42. The molecule has 0 saturated heterocycles. The Morgan fingerprint density at radius 2 is 1.90 bits per heavy atom. The van der Waals surface area contributed by atoms with Crippen LogP contribution in [0.25, 0.3) is 0 Å². The first-order chi connectivity index (χ1) is 10.1. The van der Waals surface area contributed by atoms with Crippen LogP contribution in [0.2, 0.25) is 0 Å². The Morgan fingerprint density at radius 3 is 2.52 bits per heavy atom. The van der Waals surface area contributed by atoms with Gasteiger partial charge in [-0.3, -0.25) is 4.79 Å². The molecule has 110 valence electrons. The summed E-state index contributed by atoms with van der Waals surface area (Å²) < 4.78 is 13.3. The maximum Gasteiger partial charge on any atom is 0.240 e. The summed E-state index contributed by atoms with van der Waals surface area (Å²) in [5.74, 6) is -0.465. The maximum absolute atomic E-state index is 13.3. The Hall–Kier alpha value is -1.81. The molecular formula is C17H18FNOS. The van der Waals surface area contributed by atoms with Gasteiger partial charge < -0.3 is 4.90 Å². The third-order valence-electron chi connectivity index (χ3n) is 3.26. The van der Waals surface area contributed by atoms with Crippen molar-refractivity contribution in [1.29, 1.82) is 0 Å². The Kier molecular flexibility index (Phi) is 5.39. The van der Waals surface area contributed by atoms with E-state index in [0.717, 1.165) is 5.56 Å². The quantitative estimate of drug-likeness (QED) is 0.835. The van der Waals surface area contributed by atoms with Gasteiger partial charge >= 0.3 is 0 Å². The Balaban J connectivity index is 2.12. The summed E-state index contributed by atoms with van der Waals surface area (Å²) in [4.78, 5) is 14.1. The second-order valence-corrected chi connectivity index (χ2v) is 5.39. The molecule has 21 heavy (non-hydrogen) atoms. The Morgan fingerprint density at radius 1 is 1.19 bits per heavy atom. The van der Waals surface area contributed by atoms with Gasteiger partial charge in [0.2, 0.25) is 5.91 Å². The lowest BCUT2D eigenvalue weighted by molar-refractivity contribution is -0.118. The van der Waals surface area contributed by atoms with Crippen LogP contribution >= 0.6 is 12.6 Å². The van der Waals surface area contributed by atoms with E-state index in [1.807, 2.05) is 37.3 Å². The van der Waals surface area contributed by atoms with E-state index in [0.29, 0.717) is 18.7 Å². The van der Waals surface area contributed by atoms with Crippen LogP contribution in [0.5, 0.6) is 0 Å². The highest BCUT2D eigenvalue weighted by molar-refractivity contribution is 7.81. The molecule has 4 heteroatoms. The first-order valence-electron chi connectivity index (χ1n) is 6.90. The van der Waals surface area contributed by atoms with Crippen LogP contribution in [0, 0.1) is 5.82 Å². The van der Waals surface area contributed by atoms with E-state index < -0.39 is 5.25 Å². The number of halogens is 1. The van der Waals surface area contributed by atoms with E-state index in [4.69, 9.17) is 0 Å². The molecule has 2 rings (SSSR count). The zero-order valence-electron chi connectivity index (χ0n) is 11.9. The first-order valence-corrected chi connectivity index (χ1v) is 7.42. The van der Waals surface area contributed by atoms with Gasteiger partial charge in [-0.2, -0.15) is 12.6 Å². The number of carbonyl (C=O) groups is 1. The van der Waals surface area contributed by atoms with Crippen molar-refractivity contribution in [1.82, 2.24) is 0 Å². The molecule has 1 amide bonds. The fraction of sp³-hybridized carbons (Fsp3) is 0.235. The molecule has 0 saturated carbocycles. The summed E-state index contributed by atoms with van der Waals surface area (Å²) in [7, 11) is 0. The molecule has 1 unspecified atom stereocenters. The molecular weight excluding hydrogens is 285 g/mol. The SMILES string of the molecule is CCN(C(=O)C(S)Cc1ccccc1)c1cccc(F)c1. The monoisotopic (exact) mass is 303 g/mol. The third kappa shape index (κ3) is 4.08. The summed E-state index contributed by atoms with van der Waals surface area (Å²) in [6.45, 7) is 2.35. The maximum atomic E-state index is 13.3. The molecule has 1 atom stereocenters. The van der Waals surface area contributed by atoms with Crippen molar-refractivity contribution in [2.45, 2.75) is 18.6 Å². The Labute approximate surface area is 130 Å². The van der Waals surface area contributed by atoms with Crippen LogP contribution in [0.15, 0.2) is 54.6 Å². The zero-order valence-corrected chi connectivity index (χ0v) is 12.8. The Bertz CT molecular complexity index is 603. The minimum Gasteiger partial charge on any atom is -0.312 e. The number of hydrogen-bond acceptors (Lipinski definition) is 2. The highest BCUT2D eigenvalue weighted by Gasteiger charge is 2.22. The van der Waals surface area contributed by atoms with Gasteiger partial charge in [-0.05, 0) is 37.1 Å². The average molecular weight is 303 g/mol. The van der Waals surface area contributed by atoms with Crippen molar-refractivity contribution >= 4 is 24.2 Å². The fourth-order valence-electron chi connectivity index (χ4n) is 2.21. The van der Waals surface area contributed by atoms with E-state index in [-0.39, 0.29) is 11.7 Å². The average Bonchev–Trinajstić information content (AvgIpc) is 2.49. The zero-order chi connectivity index (χ0) is 15.2. The van der Waals surface area contributed by atoms with Gasteiger partial charge in [0.25, 0.3) is 0 Å². The van der Waals surface area contributed by atoms with Crippen molar-refractivity contribution < 1.29 is 9.18 Å². The van der Waals surface area contributed by atoms with Crippen molar-refractivity contribution in [3.05, 3.63) is 66.0 Å². The van der Waals surface area contributed by atoms with Crippen LogP contribution in [0.4, 0.5) is 10.1 Å². The van der Waals surface area contributed by atoms with Gasteiger partial charge in [0.1, 0.15) is 5.82 Å². The largest absolute Gasteiger partial charge is 0.312 e. The highest BCUT2D eigenvalue weighted by atomic mass is 32.1. The van der Waals surface area contributed by atoms with E-state index in [1.165, 1.54) is 12.1 Å². The topological polar surface area (TPSA) is 20.3 Å². The van der Waals surface area contributed by atoms with E-state index in [1.54, 1.807) is 17.0 Å². The summed E-state index contributed by atoms with van der Waals surface area (Å²) in [5, 5.41) is -0.449. The molecule has 0 aliphatic rings. The first kappa shape index (κ1) is 15.6. The molecule has 2 aromatic carbocycles. The van der Waals surface area contributed by atoms with Gasteiger partial charge in [0, 0.05) is 12.2 Å². The molecule has 0 N–H and O–H groups in total. The van der Waals surface area contributed by atoms with Crippen molar-refractivity contribution in [3.63, 3.8) is 0 Å². The van der Waals surface area contributed by atoms with E-state index >= 15 is 0 Å². The summed E-state index contributed by atoms with van der Waals surface area (Å²) in [5.41, 5.74) is 1.62. The second kappa shape index (κ2) is 7.27. The van der Waals surface area contributed by atoms with Gasteiger partial charge in [-0.15, -0.1) is 0 Å². The molecule has 0 spiro atoms. The van der Waals surface area contributed by atoms with Crippen LogP contribution in [0.3, 0.4) is 0 Å². The number of anilines is 1. The van der Waals surface area contributed by atoms with Gasteiger partial charge in [0.15, 0.2) is 0 Å². The summed E-state index contributed by atoms with van der Waals surface area (Å²) in [6, 6.07) is 15.8. The van der Waals surface area contributed by atoms with Crippen molar-refractivity contribution in [3.8, 4) is 0 Å². The smallest absolute Gasteiger partial charge is 0.240 e. The molecule has 0 bridgehead atoms. The van der Waals surface area contributed by atoms with Gasteiger partial charge in [-0.25, -0.2) is 4.39 Å².